The summed E-state index contributed by atoms with van der Waals surface area (Å²) < 4.78 is 5.63. The fourth-order valence-corrected chi connectivity index (χ4v) is 9.42. The molecule has 4 aliphatic rings. The molecule has 8 atom stereocenters. The molecule has 2 nitrogen and oxygen atoms in total. The van der Waals surface area contributed by atoms with Gasteiger partial charge >= 0.3 is 5.97 Å². The second-order valence-electron chi connectivity index (χ2n) is 13.3. The smallest absolute Gasteiger partial charge is 0.302 e. The molecule has 0 aromatic carbocycles. The number of hydrogen-bond donors (Lipinski definition) is 0. The van der Waals surface area contributed by atoms with Crippen molar-refractivity contribution in [1.82, 2.24) is 0 Å². The van der Waals surface area contributed by atoms with Gasteiger partial charge < -0.3 is 4.74 Å². The van der Waals surface area contributed by atoms with Crippen molar-refractivity contribution in [3.8, 4) is 0 Å². The Morgan fingerprint density at radius 3 is 2.56 bits per heavy atom. The maximum atomic E-state index is 11.5. The van der Waals surface area contributed by atoms with Crippen LogP contribution in [0.2, 0.25) is 0 Å². The van der Waals surface area contributed by atoms with Crippen molar-refractivity contribution in [1.29, 1.82) is 0 Å². The maximum absolute atomic E-state index is 11.5. The number of allylic oxidation sites excluding steroid dienone is 3. The van der Waals surface area contributed by atoms with E-state index < -0.39 is 0 Å². The molecule has 0 N–H and O–H groups in total. The molecule has 34 heavy (non-hydrogen) atoms. The van der Waals surface area contributed by atoms with Crippen LogP contribution < -0.4 is 0 Å². The first-order chi connectivity index (χ1) is 16.1. The summed E-state index contributed by atoms with van der Waals surface area (Å²) in [7, 11) is 0. The third kappa shape index (κ3) is 4.69. The molecule has 4 rings (SSSR count). The fraction of sp³-hybridized carbons (Fsp3) is 0.844. The zero-order valence-electron chi connectivity index (χ0n) is 23.3. The number of esters is 1. The van der Waals surface area contributed by atoms with Crippen LogP contribution in [0, 0.1) is 46.3 Å². The number of hydrogen-bond acceptors (Lipinski definition) is 2. The molecule has 3 fully saturated rings. The van der Waals surface area contributed by atoms with Crippen molar-refractivity contribution in [3.05, 3.63) is 23.3 Å². The van der Waals surface area contributed by atoms with Gasteiger partial charge in [-0.3, -0.25) is 4.79 Å². The summed E-state index contributed by atoms with van der Waals surface area (Å²) in [6.45, 7) is 16.4. The standard InChI is InChI=1S/C32H52O2/c1-8-9-24(21(2)3)11-10-22(4)28-14-15-29-27-13-12-25-20-26(34-23(5)33)16-18-31(25,6)30(27)17-19-32(28,29)7/h9,12,21-22,26-30H,8,10-11,13-20H2,1-7H3. The van der Waals surface area contributed by atoms with Crippen LogP contribution in [0.4, 0.5) is 0 Å². The summed E-state index contributed by atoms with van der Waals surface area (Å²) in [4.78, 5) is 11.5. The number of rotatable bonds is 7. The van der Waals surface area contributed by atoms with Crippen LogP contribution in [-0.4, -0.2) is 12.1 Å². The van der Waals surface area contributed by atoms with Crippen molar-refractivity contribution in [2.75, 3.05) is 0 Å². The summed E-state index contributed by atoms with van der Waals surface area (Å²) in [5.74, 6) is 4.89. The molecule has 4 aliphatic carbocycles. The van der Waals surface area contributed by atoms with E-state index in [-0.39, 0.29) is 12.1 Å². The van der Waals surface area contributed by atoms with E-state index in [1.54, 1.807) is 18.1 Å². The quantitative estimate of drug-likeness (QED) is 0.275. The van der Waals surface area contributed by atoms with Gasteiger partial charge in [0, 0.05) is 13.3 Å². The van der Waals surface area contributed by atoms with Gasteiger partial charge in [-0.15, -0.1) is 0 Å². The summed E-state index contributed by atoms with van der Waals surface area (Å²) in [6, 6.07) is 0. The Morgan fingerprint density at radius 1 is 1.12 bits per heavy atom. The number of carbonyl (C=O) groups is 1. The van der Waals surface area contributed by atoms with Crippen molar-refractivity contribution in [2.24, 2.45) is 46.3 Å². The van der Waals surface area contributed by atoms with E-state index in [2.05, 4.69) is 53.7 Å². The van der Waals surface area contributed by atoms with Crippen LogP contribution in [0.1, 0.15) is 119 Å². The van der Waals surface area contributed by atoms with E-state index in [0.29, 0.717) is 16.7 Å². The molecule has 0 aromatic heterocycles. The highest BCUT2D eigenvalue weighted by atomic mass is 16.5. The summed E-state index contributed by atoms with van der Waals surface area (Å²) >= 11 is 0. The van der Waals surface area contributed by atoms with Crippen molar-refractivity contribution in [2.45, 2.75) is 125 Å². The molecule has 0 amide bonds. The number of fused-ring (bicyclic) bond motifs is 5. The number of ether oxygens (including phenoxy) is 1. The third-order valence-corrected chi connectivity index (χ3v) is 11.2. The molecule has 3 saturated carbocycles. The Balaban J connectivity index is 1.46. The van der Waals surface area contributed by atoms with Gasteiger partial charge in [0.15, 0.2) is 0 Å². The molecule has 0 spiro atoms. The SMILES string of the molecule is CCC=C(CCC(C)C1CCC2C3CC=C4CC(OC(C)=O)CCC4(C)C3CCC12C)C(C)C. The van der Waals surface area contributed by atoms with E-state index in [0.717, 1.165) is 42.4 Å². The predicted molar refractivity (Wildman–Crippen MR) is 142 cm³/mol. The lowest BCUT2D eigenvalue weighted by Crippen LogP contribution is -2.51. The van der Waals surface area contributed by atoms with E-state index in [1.165, 1.54) is 57.8 Å². The molecule has 192 valence electrons. The van der Waals surface area contributed by atoms with Crippen LogP contribution in [0.25, 0.3) is 0 Å². The molecular formula is C32H52O2. The van der Waals surface area contributed by atoms with Gasteiger partial charge in [-0.05, 0) is 111 Å². The molecular weight excluding hydrogens is 416 g/mol. The molecule has 2 heteroatoms. The molecule has 0 radical (unpaired) electrons. The van der Waals surface area contributed by atoms with Gasteiger partial charge in [0.25, 0.3) is 0 Å². The van der Waals surface area contributed by atoms with Crippen LogP contribution >= 0.6 is 0 Å². The first kappa shape index (κ1) is 26.0. The minimum absolute atomic E-state index is 0.108. The molecule has 0 saturated heterocycles. The van der Waals surface area contributed by atoms with Crippen LogP contribution in [0.3, 0.4) is 0 Å². The van der Waals surface area contributed by atoms with Crippen molar-refractivity contribution in [3.63, 3.8) is 0 Å². The highest BCUT2D eigenvalue weighted by molar-refractivity contribution is 5.66. The molecule has 0 bridgehead atoms. The van der Waals surface area contributed by atoms with Crippen molar-refractivity contribution < 1.29 is 9.53 Å². The highest BCUT2D eigenvalue weighted by Gasteiger charge is 2.59. The average Bonchev–Trinajstić information content (AvgIpc) is 3.13. The Hall–Kier alpha value is -1.05. The first-order valence-corrected chi connectivity index (χ1v) is 14.7. The van der Waals surface area contributed by atoms with E-state index in [4.69, 9.17) is 4.74 Å². The van der Waals surface area contributed by atoms with Gasteiger partial charge in [-0.25, -0.2) is 0 Å². The minimum atomic E-state index is -0.117. The lowest BCUT2D eigenvalue weighted by Gasteiger charge is -2.58. The lowest BCUT2D eigenvalue weighted by atomic mass is 9.47. The summed E-state index contributed by atoms with van der Waals surface area (Å²) in [5.41, 5.74) is 4.16. The average molecular weight is 469 g/mol. The Bertz CT molecular complexity index is 806. The molecule has 8 unspecified atom stereocenters. The van der Waals surface area contributed by atoms with Gasteiger partial charge in [-0.2, -0.15) is 0 Å². The zero-order valence-corrected chi connectivity index (χ0v) is 23.3. The normalized spacial score (nSPS) is 40.8. The van der Waals surface area contributed by atoms with Gasteiger partial charge in [0.1, 0.15) is 6.10 Å². The largest absolute Gasteiger partial charge is 0.462 e. The monoisotopic (exact) mass is 468 g/mol. The zero-order chi connectivity index (χ0) is 24.7. The Kier molecular flexibility index (Phi) is 7.76. The van der Waals surface area contributed by atoms with Crippen molar-refractivity contribution >= 4 is 5.97 Å². The fourth-order valence-electron chi connectivity index (χ4n) is 9.42. The second kappa shape index (κ2) is 10.1. The minimum Gasteiger partial charge on any atom is -0.462 e. The molecule has 0 heterocycles. The second-order valence-corrected chi connectivity index (χ2v) is 13.3. The van der Waals surface area contributed by atoms with E-state index in [1.807, 2.05) is 0 Å². The number of carbonyl (C=O) groups excluding carboxylic acids is 1. The van der Waals surface area contributed by atoms with Gasteiger partial charge in [0.05, 0.1) is 0 Å². The van der Waals surface area contributed by atoms with Gasteiger partial charge in [-0.1, -0.05) is 64.8 Å². The summed E-state index contributed by atoms with van der Waals surface area (Å²) in [6.07, 6.45) is 19.2. The van der Waals surface area contributed by atoms with Gasteiger partial charge in [0.2, 0.25) is 0 Å². The molecule has 0 aromatic rings. The molecule has 0 aliphatic heterocycles. The topological polar surface area (TPSA) is 26.3 Å². The third-order valence-electron chi connectivity index (χ3n) is 11.2. The Labute approximate surface area is 210 Å². The summed E-state index contributed by atoms with van der Waals surface area (Å²) in [5, 5.41) is 0. The van der Waals surface area contributed by atoms with E-state index in [9.17, 15) is 4.79 Å². The highest BCUT2D eigenvalue weighted by Crippen LogP contribution is 2.67. The predicted octanol–water partition coefficient (Wildman–Crippen LogP) is 8.91. The van der Waals surface area contributed by atoms with Crippen LogP contribution in [0.15, 0.2) is 23.3 Å². The maximum Gasteiger partial charge on any atom is 0.302 e. The van der Waals surface area contributed by atoms with Crippen LogP contribution in [-0.2, 0) is 9.53 Å². The van der Waals surface area contributed by atoms with Crippen LogP contribution in [0.5, 0.6) is 0 Å². The Morgan fingerprint density at radius 2 is 1.88 bits per heavy atom. The first-order valence-electron chi connectivity index (χ1n) is 14.7. The van der Waals surface area contributed by atoms with E-state index >= 15 is 0 Å². The lowest BCUT2D eigenvalue weighted by molar-refractivity contribution is -0.148.